The Bertz CT molecular complexity index is 1030. The molecule has 0 amide bonds. The first-order valence-electron chi connectivity index (χ1n) is 9.01. The topological polar surface area (TPSA) is 69.7 Å². The summed E-state index contributed by atoms with van der Waals surface area (Å²) in [5.74, 6) is -0.213. The van der Waals surface area contributed by atoms with Gasteiger partial charge in [-0.3, -0.25) is 8.98 Å². The van der Waals surface area contributed by atoms with Gasteiger partial charge < -0.3 is 4.74 Å². The van der Waals surface area contributed by atoms with Crippen molar-refractivity contribution in [3.63, 3.8) is 0 Å². The fraction of sp³-hybridized carbons (Fsp3) is 0.227. The minimum Gasteiger partial charge on any atom is -0.497 e. The highest BCUT2D eigenvalue weighted by Gasteiger charge is 2.35. The molecule has 0 aliphatic rings. The first-order chi connectivity index (χ1) is 13.9. The third kappa shape index (κ3) is 5.76. The molecule has 0 spiro atoms. The van der Waals surface area contributed by atoms with Crippen molar-refractivity contribution in [1.29, 1.82) is 0 Å². The number of carbonyl (C=O) groups excluding carboxylic acids is 1. The lowest BCUT2D eigenvalue weighted by molar-refractivity contribution is 0.0759. The highest BCUT2D eigenvalue weighted by Crippen LogP contribution is 2.32. The van der Waals surface area contributed by atoms with E-state index in [1.165, 1.54) is 11.3 Å². The van der Waals surface area contributed by atoms with E-state index in [-0.39, 0.29) is 5.78 Å². The van der Waals surface area contributed by atoms with Gasteiger partial charge in [-0.2, -0.15) is 8.42 Å². The van der Waals surface area contributed by atoms with E-state index in [2.05, 4.69) is 0 Å². The molecule has 2 aromatic carbocycles. The molecular weight excluding hydrogens is 408 g/mol. The lowest BCUT2D eigenvalue weighted by Crippen LogP contribution is -2.34. The van der Waals surface area contributed by atoms with Crippen LogP contribution in [0.3, 0.4) is 0 Å². The maximum atomic E-state index is 13.3. The summed E-state index contributed by atoms with van der Waals surface area (Å²) in [6.45, 7) is 0. The number of rotatable bonds is 9. The van der Waals surface area contributed by atoms with Gasteiger partial charge in [0.05, 0.1) is 13.4 Å². The van der Waals surface area contributed by atoms with Gasteiger partial charge in [0.15, 0.2) is 5.78 Å². The largest absolute Gasteiger partial charge is 0.497 e. The van der Waals surface area contributed by atoms with Crippen molar-refractivity contribution in [2.45, 2.75) is 18.4 Å². The number of ether oxygens (including phenoxy) is 1. The van der Waals surface area contributed by atoms with Crippen LogP contribution >= 0.6 is 11.3 Å². The first-order valence-corrected chi connectivity index (χ1v) is 11.7. The molecule has 2 unspecified atom stereocenters. The van der Waals surface area contributed by atoms with Gasteiger partial charge in [0.2, 0.25) is 0 Å². The zero-order valence-electron chi connectivity index (χ0n) is 16.1. The highest BCUT2D eigenvalue weighted by atomic mass is 32.2. The van der Waals surface area contributed by atoms with Crippen LogP contribution in [0.2, 0.25) is 0 Å². The van der Waals surface area contributed by atoms with Gasteiger partial charge in [0.25, 0.3) is 10.1 Å². The van der Waals surface area contributed by atoms with Crippen LogP contribution in [0.4, 0.5) is 0 Å². The Kier molecular flexibility index (Phi) is 6.84. The Morgan fingerprint density at radius 2 is 1.69 bits per heavy atom. The van der Waals surface area contributed by atoms with Crippen LogP contribution in [-0.4, -0.2) is 33.7 Å². The van der Waals surface area contributed by atoms with Crippen LogP contribution in [0.15, 0.2) is 72.1 Å². The lowest BCUT2D eigenvalue weighted by atomic mass is 9.88. The average Bonchev–Trinajstić information content (AvgIpc) is 3.25. The Balaban J connectivity index is 2.01. The number of ketones is 1. The summed E-state index contributed by atoms with van der Waals surface area (Å²) in [7, 11) is -2.32. The molecule has 1 aromatic heterocycles. The van der Waals surface area contributed by atoms with Crippen LogP contribution < -0.4 is 4.74 Å². The van der Waals surface area contributed by atoms with Crippen LogP contribution in [0.5, 0.6) is 5.75 Å². The molecule has 0 fully saturated rings. The molecular formula is C22H22O5S2. The summed E-state index contributed by atoms with van der Waals surface area (Å²) in [4.78, 5) is 14.2. The second kappa shape index (κ2) is 9.35. The van der Waals surface area contributed by atoms with Crippen LogP contribution in [-0.2, 0) is 20.7 Å². The molecule has 5 nitrogen and oxygen atoms in total. The molecule has 3 rings (SSSR count). The molecule has 0 saturated carbocycles. The maximum absolute atomic E-state index is 13.3. The minimum atomic E-state index is -3.86. The van der Waals surface area contributed by atoms with Gasteiger partial charge in [-0.25, -0.2) is 0 Å². The number of hydrogen-bond acceptors (Lipinski definition) is 6. The summed E-state index contributed by atoms with van der Waals surface area (Å²) < 4.78 is 34.5. The number of methoxy groups -OCH3 is 1. The van der Waals surface area contributed by atoms with Crippen molar-refractivity contribution in [2.24, 2.45) is 0 Å². The van der Waals surface area contributed by atoms with E-state index in [0.717, 1.165) is 16.7 Å². The summed E-state index contributed by atoms with van der Waals surface area (Å²) >= 11 is 1.48. The smallest absolute Gasteiger partial charge is 0.265 e. The quantitative estimate of drug-likeness (QED) is 0.374. The Morgan fingerprint density at radius 1 is 1.00 bits per heavy atom. The second-order valence-electron chi connectivity index (χ2n) is 6.63. The number of benzene rings is 2. The summed E-state index contributed by atoms with van der Waals surface area (Å²) in [5.41, 5.74) is 1.37. The number of thiophene rings is 1. The maximum Gasteiger partial charge on any atom is 0.265 e. The summed E-state index contributed by atoms with van der Waals surface area (Å²) in [6, 6.07) is 20.0. The van der Waals surface area contributed by atoms with E-state index in [0.29, 0.717) is 17.7 Å². The summed E-state index contributed by atoms with van der Waals surface area (Å²) in [6.07, 6.45) is 0.274. The van der Waals surface area contributed by atoms with E-state index in [1.54, 1.807) is 31.4 Å². The van der Waals surface area contributed by atoms with Crippen molar-refractivity contribution in [3.05, 3.63) is 88.1 Å². The van der Waals surface area contributed by atoms with Crippen molar-refractivity contribution in [1.82, 2.24) is 0 Å². The van der Waals surface area contributed by atoms with Crippen LogP contribution in [0, 0.1) is 0 Å². The minimum absolute atomic E-state index is 0.370. The molecule has 0 radical (unpaired) electrons. The molecule has 152 valence electrons. The Labute approximate surface area is 175 Å². The SMILES string of the molecule is COc1ccc(C(=O)C(OS(C)(=O)=O)C(Cc2ccccc2)c2cccs2)cc1. The molecule has 3 aromatic rings. The summed E-state index contributed by atoms with van der Waals surface area (Å²) in [5, 5.41) is 1.91. The third-order valence-corrected chi connectivity index (χ3v) is 6.05. The lowest BCUT2D eigenvalue weighted by Gasteiger charge is -2.25. The molecule has 0 aliphatic heterocycles. The monoisotopic (exact) mass is 430 g/mol. The van der Waals surface area contributed by atoms with E-state index in [9.17, 15) is 13.2 Å². The Morgan fingerprint density at radius 3 is 2.24 bits per heavy atom. The van der Waals surface area contributed by atoms with Crippen LogP contribution in [0.25, 0.3) is 0 Å². The zero-order chi connectivity index (χ0) is 20.9. The van der Waals surface area contributed by atoms with Gasteiger partial charge in [-0.15, -0.1) is 11.3 Å². The van der Waals surface area contributed by atoms with Gasteiger partial charge in [-0.1, -0.05) is 36.4 Å². The van der Waals surface area contributed by atoms with E-state index in [4.69, 9.17) is 8.92 Å². The fourth-order valence-electron chi connectivity index (χ4n) is 3.13. The van der Waals surface area contributed by atoms with Crippen molar-refractivity contribution < 1.29 is 22.1 Å². The standard InChI is InChI=1S/C22H22O5S2/c1-26-18-12-10-17(11-13-18)21(23)22(27-29(2,24)25)19(20-9-6-14-28-20)15-16-7-4-3-5-8-16/h3-14,19,22H,15H2,1-2H3. The number of carbonyl (C=O) groups is 1. The molecule has 7 heteroatoms. The number of Topliss-reactive ketones (excluding diaryl/α,β-unsaturated/α-hetero) is 1. The van der Waals surface area contributed by atoms with Crippen molar-refractivity contribution in [2.75, 3.05) is 13.4 Å². The highest BCUT2D eigenvalue weighted by molar-refractivity contribution is 7.86. The normalized spacial score (nSPS) is 13.6. The number of hydrogen-bond donors (Lipinski definition) is 0. The molecule has 0 N–H and O–H groups in total. The van der Waals surface area contributed by atoms with Gasteiger partial charge in [0.1, 0.15) is 11.9 Å². The molecule has 1 heterocycles. The van der Waals surface area contributed by atoms with E-state index < -0.39 is 22.1 Å². The van der Waals surface area contributed by atoms with E-state index >= 15 is 0 Å². The fourth-order valence-corrected chi connectivity index (χ4v) is 4.58. The van der Waals surface area contributed by atoms with Crippen molar-refractivity contribution in [3.8, 4) is 5.75 Å². The molecule has 2 atom stereocenters. The molecule has 29 heavy (non-hydrogen) atoms. The van der Waals surface area contributed by atoms with E-state index in [1.807, 2.05) is 47.8 Å². The predicted molar refractivity (Wildman–Crippen MR) is 114 cm³/mol. The average molecular weight is 431 g/mol. The zero-order valence-corrected chi connectivity index (χ0v) is 17.8. The predicted octanol–water partition coefficient (Wildman–Crippen LogP) is 4.31. The molecule has 0 aliphatic carbocycles. The first kappa shape index (κ1) is 21.2. The van der Waals surface area contributed by atoms with Gasteiger partial charge >= 0.3 is 0 Å². The molecule has 0 bridgehead atoms. The molecule has 0 saturated heterocycles. The van der Waals surface area contributed by atoms with Crippen molar-refractivity contribution >= 4 is 27.2 Å². The third-order valence-electron chi connectivity index (χ3n) is 4.48. The van der Waals surface area contributed by atoms with Crippen LogP contribution in [0.1, 0.15) is 26.7 Å². The van der Waals surface area contributed by atoms with Gasteiger partial charge in [-0.05, 0) is 47.7 Å². The van der Waals surface area contributed by atoms with Gasteiger partial charge in [0, 0.05) is 16.4 Å². The second-order valence-corrected chi connectivity index (χ2v) is 9.21. The Hall–Kier alpha value is -2.48.